The van der Waals surface area contributed by atoms with Crippen molar-refractivity contribution < 1.29 is 14.3 Å². The van der Waals surface area contributed by atoms with Gasteiger partial charge in [0.25, 0.3) is 5.56 Å². The number of H-pyrrole nitrogens is 1. The predicted molar refractivity (Wildman–Crippen MR) is 116 cm³/mol. The van der Waals surface area contributed by atoms with E-state index in [-0.39, 0.29) is 30.3 Å². The third-order valence-electron chi connectivity index (χ3n) is 4.53. The minimum atomic E-state index is -0.349. The third-order valence-corrected chi connectivity index (χ3v) is 5.34. The highest BCUT2D eigenvalue weighted by Gasteiger charge is 2.16. The summed E-state index contributed by atoms with van der Waals surface area (Å²) in [5, 5.41) is 9.39. The maximum Gasteiger partial charge on any atom is 0.311 e. The molecule has 0 aliphatic carbocycles. The summed E-state index contributed by atoms with van der Waals surface area (Å²) < 4.78 is 6.48. The summed E-state index contributed by atoms with van der Waals surface area (Å²) in [5.74, 6) is -0.193. The van der Waals surface area contributed by atoms with E-state index in [0.717, 1.165) is 17.0 Å². The van der Waals surface area contributed by atoms with E-state index < -0.39 is 0 Å². The fourth-order valence-electron chi connectivity index (χ4n) is 3.13. The zero-order chi connectivity index (χ0) is 22.5. The van der Waals surface area contributed by atoms with Crippen LogP contribution in [0.3, 0.4) is 0 Å². The van der Waals surface area contributed by atoms with Crippen molar-refractivity contribution in [2.75, 3.05) is 11.9 Å². The van der Waals surface area contributed by atoms with Gasteiger partial charge in [-0.25, -0.2) is 14.6 Å². The number of carbonyl (C=O) groups excluding carboxylic acids is 2. The van der Waals surface area contributed by atoms with E-state index in [1.807, 2.05) is 13.8 Å². The van der Waals surface area contributed by atoms with Gasteiger partial charge in [0.05, 0.1) is 24.4 Å². The first-order valence-corrected chi connectivity index (χ1v) is 10.7. The summed E-state index contributed by atoms with van der Waals surface area (Å²) in [7, 11) is 0. The molecule has 0 unspecified atom stereocenters. The Morgan fingerprint density at radius 2 is 2.03 bits per heavy atom. The maximum absolute atomic E-state index is 12.4. The van der Waals surface area contributed by atoms with Crippen molar-refractivity contribution in [1.29, 1.82) is 0 Å². The van der Waals surface area contributed by atoms with Gasteiger partial charge in [-0.1, -0.05) is 0 Å². The van der Waals surface area contributed by atoms with Crippen molar-refractivity contribution in [3.05, 3.63) is 50.1 Å². The van der Waals surface area contributed by atoms with E-state index in [1.54, 1.807) is 23.9 Å². The SMILES string of the molecule is CCOC(=O)Cc1csc(NC(=O)CCc2c(C)nn(-c3nc(C)cc(=O)[nH]3)c2C)n1. The van der Waals surface area contributed by atoms with E-state index in [1.165, 1.54) is 17.4 Å². The Morgan fingerprint density at radius 1 is 1.26 bits per heavy atom. The van der Waals surface area contributed by atoms with Crippen LogP contribution in [0.2, 0.25) is 0 Å². The van der Waals surface area contributed by atoms with Crippen LogP contribution in [-0.2, 0) is 27.2 Å². The number of nitrogens with one attached hydrogen (secondary N) is 2. The van der Waals surface area contributed by atoms with Gasteiger partial charge >= 0.3 is 5.97 Å². The normalized spacial score (nSPS) is 10.8. The molecule has 0 atom stereocenters. The monoisotopic (exact) mass is 444 g/mol. The fraction of sp³-hybridized carbons (Fsp3) is 0.400. The Hall–Kier alpha value is -3.34. The van der Waals surface area contributed by atoms with Gasteiger partial charge in [-0.05, 0) is 39.7 Å². The number of hydrogen-bond donors (Lipinski definition) is 2. The zero-order valence-corrected chi connectivity index (χ0v) is 18.6. The lowest BCUT2D eigenvalue weighted by molar-refractivity contribution is -0.142. The quantitative estimate of drug-likeness (QED) is 0.508. The van der Waals surface area contributed by atoms with Crippen molar-refractivity contribution in [2.45, 2.75) is 47.0 Å². The molecule has 0 aliphatic heterocycles. The Morgan fingerprint density at radius 3 is 2.74 bits per heavy atom. The molecule has 0 spiro atoms. The zero-order valence-electron chi connectivity index (χ0n) is 17.8. The van der Waals surface area contributed by atoms with Crippen LogP contribution >= 0.6 is 11.3 Å². The summed E-state index contributed by atoms with van der Waals surface area (Å²) in [6, 6.07) is 1.41. The van der Waals surface area contributed by atoms with Crippen molar-refractivity contribution in [2.24, 2.45) is 0 Å². The predicted octanol–water partition coefficient (Wildman–Crippen LogP) is 2.01. The van der Waals surface area contributed by atoms with E-state index in [2.05, 4.69) is 25.4 Å². The molecule has 0 aromatic carbocycles. The largest absolute Gasteiger partial charge is 0.466 e. The van der Waals surface area contributed by atoms with Crippen LogP contribution in [0.25, 0.3) is 5.95 Å². The van der Waals surface area contributed by atoms with E-state index in [0.29, 0.717) is 35.5 Å². The second kappa shape index (κ2) is 9.65. The number of rotatable bonds is 8. The van der Waals surface area contributed by atoms with E-state index >= 15 is 0 Å². The Balaban J connectivity index is 1.63. The maximum atomic E-state index is 12.4. The molecule has 0 saturated carbocycles. The van der Waals surface area contributed by atoms with Crippen LogP contribution in [0.1, 0.15) is 41.7 Å². The number of aryl methyl sites for hydroxylation is 2. The molecule has 3 heterocycles. The first-order valence-electron chi connectivity index (χ1n) is 9.80. The molecule has 0 radical (unpaired) electrons. The average molecular weight is 445 g/mol. The molecule has 10 nitrogen and oxygen atoms in total. The van der Waals surface area contributed by atoms with Crippen LogP contribution in [-0.4, -0.2) is 43.2 Å². The van der Waals surface area contributed by atoms with Crippen LogP contribution in [0.4, 0.5) is 5.13 Å². The van der Waals surface area contributed by atoms with Gasteiger partial charge in [-0.2, -0.15) is 5.10 Å². The lowest BCUT2D eigenvalue weighted by Gasteiger charge is -2.05. The molecule has 0 bridgehead atoms. The van der Waals surface area contributed by atoms with Crippen LogP contribution in [0.5, 0.6) is 0 Å². The van der Waals surface area contributed by atoms with E-state index in [4.69, 9.17) is 4.74 Å². The van der Waals surface area contributed by atoms with Crippen molar-refractivity contribution in [3.8, 4) is 5.95 Å². The molecular formula is C20H24N6O4S. The summed E-state index contributed by atoms with van der Waals surface area (Å²) in [6.45, 7) is 7.53. The van der Waals surface area contributed by atoms with Gasteiger partial charge in [0.1, 0.15) is 0 Å². The highest BCUT2D eigenvalue weighted by molar-refractivity contribution is 7.13. The summed E-state index contributed by atoms with van der Waals surface area (Å²) in [4.78, 5) is 46.9. The second-order valence-corrected chi connectivity index (χ2v) is 7.80. The van der Waals surface area contributed by atoms with Gasteiger partial charge in [0.15, 0.2) is 5.13 Å². The van der Waals surface area contributed by atoms with Crippen molar-refractivity contribution >= 4 is 28.3 Å². The van der Waals surface area contributed by atoms with Gasteiger partial charge in [-0.3, -0.25) is 19.4 Å². The molecule has 0 fully saturated rings. The van der Waals surface area contributed by atoms with Crippen LogP contribution in [0.15, 0.2) is 16.2 Å². The molecule has 0 aliphatic rings. The summed E-state index contributed by atoms with van der Waals surface area (Å²) in [6.07, 6.45) is 0.783. The standard InChI is InChI=1S/C20H24N6O4S/c1-5-30-18(29)9-14-10-31-20(22-14)24-16(27)7-6-15-12(3)25-26(13(15)4)19-21-11(2)8-17(28)23-19/h8,10H,5-7,9H2,1-4H3,(H,21,23,28)(H,22,24,27). The molecule has 3 aromatic heterocycles. The third kappa shape index (κ3) is 5.63. The van der Waals surface area contributed by atoms with Gasteiger partial charge in [0.2, 0.25) is 11.9 Å². The molecule has 31 heavy (non-hydrogen) atoms. The second-order valence-electron chi connectivity index (χ2n) is 6.95. The van der Waals surface area contributed by atoms with Crippen LogP contribution < -0.4 is 10.9 Å². The minimum absolute atomic E-state index is 0.0763. The summed E-state index contributed by atoms with van der Waals surface area (Å²) in [5.41, 5.74) is 3.40. The molecule has 2 N–H and O–H groups in total. The minimum Gasteiger partial charge on any atom is -0.466 e. The van der Waals surface area contributed by atoms with Crippen molar-refractivity contribution in [1.82, 2.24) is 24.7 Å². The van der Waals surface area contributed by atoms with Crippen molar-refractivity contribution in [3.63, 3.8) is 0 Å². The average Bonchev–Trinajstić information content (AvgIpc) is 3.23. The number of ether oxygens (including phenoxy) is 1. The molecule has 3 aromatic rings. The number of carbonyl (C=O) groups is 2. The Labute approximate surface area is 182 Å². The highest BCUT2D eigenvalue weighted by atomic mass is 32.1. The number of aromatic amines is 1. The Kier molecular flexibility index (Phi) is 6.95. The topological polar surface area (TPSA) is 132 Å². The van der Waals surface area contributed by atoms with Gasteiger partial charge < -0.3 is 10.1 Å². The lowest BCUT2D eigenvalue weighted by Crippen LogP contribution is -2.15. The van der Waals surface area contributed by atoms with Gasteiger partial charge in [-0.15, -0.1) is 11.3 Å². The number of aromatic nitrogens is 5. The van der Waals surface area contributed by atoms with E-state index in [9.17, 15) is 14.4 Å². The number of hydrogen-bond acceptors (Lipinski definition) is 8. The molecule has 164 valence electrons. The molecule has 0 saturated heterocycles. The summed E-state index contributed by atoms with van der Waals surface area (Å²) >= 11 is 1.26. The number of thiazole rings is 1. The molecule has 3 rings (SSSR count). The first-order chi connectivity index (χ1) is 14.8. The van der Waals surface area contributed by atoms with Crippen LogP contribution in [0, 0.1) is 20.8 Å². The molecular weight excluding hydrogens is 420 g/mol. The number of anilines is 1. The fourth-order valence-corrected chi connectivity index (χ4v) is 3.86. The Bertz CT molecular complexity index is 1160. The lowest BCUT2D eigenvalue weighted by atomic mass is 10.1. The molecule has 1 amide bonds. The number of nitrogens with zero attached hydrogens (tertiary/aromatic N) is 4. The smallest absolute Gasteiger partial charge is 0.311 e. The molecule has 11 heteroatoms. The highest BCUT2D eigenvalue weighted by Crippen LogP contribution is 2.19. The van der Waals surface area contributed by atoms with Gasteiger partial charge in [0, 0.05) is 29.3 Å². The number of esters is 1. The first kappa shape index (κ1) is 22.3. The number of amides is 1.